The molecule has 280 valence electrons. The molecule has 2 amide bonds. The highest BCUT2D eigenvalue weighted by Crippen LogP contribution is 2.44. The summed E-state index contributed by atoms with van der Waals surface area (Å²) in [7, 11) is 0. The first-order chi connectivity index (χ1) is 24.4. The summed E-state index contributed by atoms with van der Waals surface area (Å²) in [5.74, 6) is -5.39. The second-order valence-electron chi connectivity index (χ2n) is 15.2. The van der Waals surface area contributed by atoms with Crippen molar-refractivity contribution in [2.45, 2.75) is 127 Å². The maximum absolute atomic E-state index is 14.3. The van der Waals surface area contributed by atoms with Crippen molar-refractivity contribution in [3.8, 4) is 0 Å². The number of aliphatic carboxylic acids is 1. The van der Waals surface area contributed by atoms with E-state index >= 15 is 0 Å². The van der Waals surface area contributed by atoms with Gasteiger partial charge in [0.1, 0.15) is 24.3 Å². The van der Waals surface area contributed by atoms with Gasteiger partial charge in [-0.3, -0.25) is 24.0 Å². The Morgan fingerprint density at radius 3 is 2.29 bits per heavy atom. The smallest absolute Gasteiger partial charge is 0.315 e. The standard InChI is InChI=1S/C38H51F2N3O8/c1-22(2)34(42-35(47)26-15-8-13-24-12-6-7-14-25(24)26)30-20-38(51-43-30,19-23-10-4-3-5-11-23)37(49)41-29(18-32(45)46)31(44)21-50-36(48)33-27(39)16-9-17-28(33)40/h3-5,10-11,22,24-29,33-34H,6-9,12-21H2,1-2H3,(H,41,49)(H,42,47)(H,45,46)/t24?,25?,26?,27?,28?,29-,33?,34-,38?/m0/s1. The Hall–Kier alpha value is -3.90. The molecule has 0 aromatic heterocycles. The highest BCUT2D eigenvalue weighted by molar-refractivity contribution is 6.02. The Bertz CT molecular complexity index is 1450. The lowest BCUT2D eigenvalue weighted by Gasteiger charge is -2.41. The number of alkyl halides is 2. The van der Waals surface area contributed by atoms with Crippen LogP contribution in [0, 0.1) is 29.6 Å². The van der Waals surface area contributed by atoms with Crippen LogP contribution in [0.15, 0.2) is 35.5 Å². The van der Waals surface area contributed by atoms with Crippen LogP contribution in [-0.2, 0) is 40.0 Å². The van der Waals surface area contributed by atoms with Crippen LogP contribution in [-0.4, -0.2) is 77.0 Å². The Balaban J connectivity index is 1.31. The molecule has 4 aliphatic rings. The number of amides is 2. The van der Waals surface area contributed by atoms with E-state index < -0.39 is 72.6 Å². The number of halogens is 2. The molecular formula is C38H51F2N3O8. The van der Waals surface area contributed by atoms with E-state index in [0.29, 0.717) is 23.1 Å². The fraction of sp³-hybridized carbons (Fsp3) is 0.684. The van der Waals surface area contributed by atoms with Gasteiger partial charge in [-0.1, -0.05) is 81.4 Å². The number of carbonyl (C=O) groups is 5. The molecule has 8 atom stereocenters. The number of carboxylic acid groups (broad SMARTS) is 1. The Labute approximate surface area is 297 Å². The predicted octanol–water partition coefficient (Wildman–Crippen LogP) is 5.04. The number of fused-ring (bicyclic) bond motifs is 1. The van der Waals surface area contributed by atoms with Gasteiger partial charge in [-0.2, -0.15) is 0 Å². The number of esters is 1. The Morgan fingerprint density at radius 1 is 0.941 bits per heavy atom. The molecule has 3 aliphatic carbocycles. The van der Waals surface area contributed by atoms with E-state index in [-0.39, 0.29) is 49.8 Å². The van der Waals surface area contributed by atoms with Crippen molar-refractivity contribution in [3.05, 3.63) is 35.9 Å². The zero-order valence-electron chi connectivity index (χ0n) is 29.5. The molecule has 51 heavy (non-hydrogen) atoms. The largest absolute Gasteiger partial charge is 0.481 e. The second kappa shape index (κ2) is 17.1. The molecule has 0 spiro atoms. The third-order valence-corrected chi connectivity index (χ3v) is 11.2. The summed E-state index contributed by atoms with van der Waals surface area (Å²) in [5, 5.41) is 19.7. The number of hydrogen-bond donors (Lipinski definition) is 3. The summed E-state index contributed by atoms with van der Waals surface area (Å²) in [6.45, 7) is 2.91. The van der Waals surface area contributed by atoms with E-state index in [0.717, 1.165) is 38.5 Å². The van der Waals surface area contributed by atoms with Crippen LogP contribution in [0.4, 0.5) is 8.78 Å². The molecule has 1 aliphatic heterocycles. The molecular weight excluding hydrogens is 664 g/mol. The number of ether oxygens (including phenoxy) is 1. The molecule has 6 unspecified atom stereocenters. The van der Waals surface area contributed by atoms with Crippen molar-refractivity contribution in [1.82, 2.24) is 10.6 Å². The number of rotatable bonds is 14. The van der Waals surface area contributed by atoms with Crippen molar-refractivity contribution in [2.24, 2.45) is 34.7 Å². The first-order valence-corrected chi connectivity index (χ1v) is 18.5. The van der Waals surface area contributed by atoms with Gasteiger partial charge in [0, 0.05) is 18.8 Å². The number of Topliss-reactive ketones (excluding diaryl/α,β-unsaturated/α-hetero) is 1. The van der Waals surface area contributed by atoms with Crippen molar-refractivity contribution < 1.29 is 47.4 Å². The molecule has 5 rings (SSSR count). The molecule has 3 saturated carbocycles. The predicted molar refractivity (Wildman–Crippen MR) is 183 cm³/mol. The van der Waals surface area contributed by atoms with Crippen LogP contribution in [0.25, 0.3) is 0 Å². The van der Waals surface area contributed by atoms with E-state index in [1.165, 1.54) is 6.42 Å². The van der Waals surface area contributed by atoms with E-state index in [2.05, 4.69) is 15.8 Å². The summed E-state index contributed by atoms with van der Waals surface area (Å²) in [4.78, 5) is 71.5. The van der Waals surface area contributed by atoms with E-state index in [1.54, 1.807) is 24.3 Å². The van der Waals surface area contributed by atoms with Gasteiger partial charge in [0.05, 0.1) is 18.2 Å². The number of hydrogen-bond acceptors (Lipinski definition) is 8. The molecule has 3 fully saturated rings. The quantitative estimate of drug-likeness (QED) is 0.226. The van der Waals surface area contributed by atoms with Crippen LogP contribution < -0.4 is 10.6 Å². The maximum Gasteiger partial charge on any atom is 0.315 e. The number of nitrogens with zero attached hydrogens (tertiary/aromatic N) is 1. The van der Waals surface area contributed by atoms with Crippen LogP contribution in [0.3, 0.4) is 0 Å². The third-order valence-electron chi connectivity index (χ3n) is 11.2. The summed E-state index contributed by atoms with van der Waals surface area (Å²) >= 11 is 0. The van der Waals surface area contributed by atoms with Crippen molar-refractivity contribution in [1.29, 1.82) is 0 Å². The zero-order valence-corrected chi connectivity index (χ0v) is 29.5. The third kappa shape index (κ3) is 9.32. The minimum Gasteiger partial charge on any atom is -0.481 e. The van der Waals surface area contributed by atoms with E-state index in [4.69, 9.17) is 9.57 Å². The fourth-order valence-electron chi connectivity index (χ4n) is 8.49. The minimum atomic E-state index is -1.76. The molecule has 0 radical (unpaired) electrons. The van der Waals surface area contributed by atoms with Crippen molar-refractivity contribution in [3.63, 3.8) is 0 Å². The first-order valence-electron chi connectivity index (χ1n) is 18.5. The van der Waals surface area contributed by atoms with E-state index in [1.807, 2.05) is 19.9 Å². The molecule has 0 bridgehead atoms. The van der Waals surface area contributed by atoms with Crippen LogP contribution in [0.1, 0.15) is 96.5 Å². The number of benzene rings is 1. The number of ketones is 1. The number of oxime groups is 1. The number of nitrogens with one attached hydrogen (secondary N) is 2. The number of carbonyl (C=O) groups excluding carboxylic acids is 4. The number of carboxylic acids is 1. The normalized spacial score (nSPS) is 30.2. The molecule has 0 saturated heterocycles. The minimum absolute atomic E-state index is 0.0116. The van der Waals surface area contributed by atoms with Crippen LogP contribution in [0.5, 0.6) is 0 Å². The second-order valence-corrected chi connectivity index (χ2v) is 15.2. The molecule has 1 heterocycles. The van der Waals surface area contributed by atoms with Gasteiger partial charge in [-0.15, -0.1) is 0 Å². The van der Waals surface area contributed by atoms with Gasteiger partial charge >= 0.3 is 11.9 Å². The summed E-state index contributed by atoms with van der Waals surface area (Å²) in [6, 6.07) is 6.80. The van der Waals surface area contributed by atoms with Gasteiger partial charge < -0.3 is 25.3 Å². The van der Waals surface area contributed by atoms with Crippen LogP contribution >= 0.6 is 0 Å². The first kappa shape index (κ1) is 38.3. The summed E-state index contributed by atoms with van der Waals surface area (Å²) < 4.78 is 33.6. The summed E-state index contributed by atoms with van der Waals surface area (Å²) in [5.41, 5.74) is -0.541. The Morgan fingerprint density at radius 2 is 1.61 bits per heavy atom. The van der Waals surface area contributed by atoms with Gasteiger partial charge in [0.15, 0.2) is 12.4 Å². The molecule has 3 N–H and O–H groups in total. The highest BCUT2D eigenvalue weighted by Gasteiger charge is 2.50. The van der Waals surface area contributed by atoms with E-state index in [9.17, 15) is 37.9 Å². The monoisotopic (exact) mass is 715 g/mol. The fourth-order valence-corrected chi connectivity index (χ4v) is 8.49. The topological polar surface area (TPSA) is 160 Å². The maximum atomic E-state index is 14.3. The highest BCUT2D eigenvalue weighted by atomic mass is 19.1. The summed E-state index contributed by atoms with van der Waals surface area (Å²) in [6.07, 6.45) is 3.39. The molecule has 11 nitrogen and oxygen atoms in total. The lowest BCUT2D eigenvalue weighted by Crippen LogP contribution is -2.56. The Kier molecular flexibility index (Phi) is 12.8. The lowest BCUT2D eigenvalue weighted by atomic mass is 9.65. The van der Waals surface area contributed by atoms with Gasteiger partial charge in [-0.25, -0.2) is 8.78 Å². The average molecular weight is 716 g/mol. The average Bonchev–Trinajstić information content (AvgIpc) is 3.53. The molecule has 1 aromatic carbocycles. The van der Waals surface area contributed by atoms with Gasteiger partial charge in [-0.05, 0) is 55.4 Å². The molecule has 13 heteroatoms. The zero-order chi connectivity index (χ0) is 36.7. The van der Waals surface area contributed by atoms with Gasteiger partial charge in [0.25, 0.3) is 5.91 Å². The molecule has 1 aromatic rings. The van der Waals surface area contributed by atoms with Crippen molar-refractivity contribution in [2.75, 3.05) is 6.61 Å². The van der Waals surface area contributed by atoms with Gasteiger partial charge in [0.2, 0.25) is 11.5 Å². The SMILES string of the molecule is CC(C)[C@H](NC(=O)C1CCCC2CCCCC21)C1=NOC(Cc2ccccc2)(C(=O)N[C@@H](CC(=O)O)C(=O)COC(=O)C2C(F)CCCC2F)C1. The van der Waals surface area contributed by atoms with Crippen LogP contribution in [0.2, 0.25) is 0 Å². The lowest BCUT2D eigenvalue weighted by molar-refractivity contribution is -0.159. The van der Waals surface area contributed by atoms with Crippen molar-refractivity contribution >= 4 is 35.2 Å².